The predicted octanol–water partition coefficient (Wildman–Crippen LogP) is 1.90. The molecule has 0 atom stereocenters. The van der Waals surface area contributed by atoms with Gasteiger partial charge >= 0.3 is 0 Å². The second kappa shape index (κ2) is 10.6. The minimum atomic E-state index is -0.327. The summed E-state index contributed by atoms with van der Waals surface area (Å²) in [5.74, 6) is 0.586. The van der Waals surface area contributed by atoms with Crippen molar-refractivity contribution < 1.29 is 9.53 Å². The predicted molar refractivity (Wildman–Crippen MR) is 79.9 cm³/mol. The molecule has 0 aliphatic carbocycles. The molecule has 0 aliphatic rings. The minimum Gasteiger partial charge on any atom is -0.494 e. The van der Waals surface area contributed by atoms with Crippen LogP contribution in [0.15, 0.2) is 24.3 Å². The summed E-state index contributed by atoms with van der Waals surface area (Å²) in [7, 11) is 0. The molecule has 1 aromatic rings. The van der Waals surface area contributed by atoms with E-state index < -0.39 is 0 Å². The van der Waals surface area contributed by atoms with Crippen LogP contribution in [-0.4, -0.2) is 25.6 Å². The first-order chi connectivity index (χ1) is 8.72. The van der Waals surface area contributed by atoms with Gasteiger partial charge in [0, 0.05) is 0 Å². The number of nitrogens with one attached hydrogen (secondary N) is 1. The molecule has 1 aromatic carbocycles. The lowest BCUT2D eigenvalue weighted by Gasteiger charge is -2.08. The van der Waals surface area contributed by atoms with Crippen LogP contribution in [0, 0.1) is 0 Å². The molecule has 0 bridgehead atoms. The summed E-state index contributed by atoms with van der Waals surface area (Å²) in [5, 5.41) is 2.99. The van der Waals surface area contributed by atoms with Gasteiger partial charge < -0.3 is 15.8 Å². The molecule has 1 rings (SSSR count). The van der Waals surface area contributed by atoms with Gasteiger partial charge in [-0.05, 0) is 37.1 Å². The summed E-state index contributed by atoms with van der Waals surface area (Å²) in [6.45, 7) is 3.87. The maximum Gasteiger partial charge on any atom is 0.231 e. The van der Waals surface area contributed by atoms with E-state index in [-0.39, 0.29) is 24.9 Å². The van der Waals surface area contributed by atoms with Crippen LogP contribution in [0.2, 0.25) is 0 Å². The van der Waals surface area contributed by atoms with Gasteiger partial charge in [-0.2, -0.15) is 0 Å². The zero-order valence-corrected chi connectivity index (χ0v) is 12.2. The Morgan fingerprint density at radius 2 is 2.21 bits per heavy atom. The highest BCUT2D eigenvalue weighted by Crippen LogP contribution is 2.14. The van der Waals surface area contributed by atoms with Crippen molar-refractivity contribution in [1.29, 1.82) is 0 Å². The van der Waals surface area contributed by atoms with Crippen LogP contribution in [0.3, 0.4) is 0 Å². The zero-order valence-electron chi connectivity index (χ0n) is 11.4. The highest BCUT2D eigenvalue weighted by molar-refractivity contribution is 5.85. The fourth-order valence-electron chi connectivity index (χ4n) is 1.57. The number of rotatable bonds is 9. The molecule has 108 valence electrons. The largest absolute Gasteiger partial charge is 0.494 e. The van der Waals surface area contributed by atoms with Crippen molar-refractivity contribution in [2.24, 2.45) is 5.73 Å². The van der Waals surface area contributed by atoms with Crippen LogP contribution >= 0.6 is 12.4 Å². The van der Waals surface area contributed by atoms with Crippen LogP contribution < -0.4 is 15.8 Å². The SMILES string of the molecule is CCCCOc1cccc(CCNCC(N)=O)c1.Cl. The molecule has 3 N–H and O–H groups in total. The highest BCUT2D eigenvalue weighted by Gasteiger charge is 1.98. The lowest BCUT2D eigenvalue weighted by atomic mass is 10.1. The molecule has 0 radical (unpaired) electrons. The number of benzene rings is 1. The molecule has 0 aliphatic heterocycles. The molecule has 19 heavy (non-hydrogen) atoms. The van der Waals surface area contributed by atoms with Gasteiger partial charge in [-0.25, -0.2) is 0 Å². The molecule has 4 nitrogen and oxygen atoms in total. The lowest BCUT2D eigenvalue weighted by molar-refractivity contribution is -0.117. The standard InChI is InChI=1S/C14H22N2O2.ClH/c1-2-3-9-18-13-6-4-5-12(10-13)7-8-16-11-14(15)17;/h4-6,10,16H,2-3,7-9,11H2,1H3,(H2,15,17);1H. The molecule has 1 amide bonds. The van der Waals surface area contributed by atoms with Crippen LogP contribution in [0.25, 0.3) is 0 Å². The third-order valence-corrected chi connectivity index (χ3v) is 2.55. The van der Waals surface area contributed by atoms with Gasteiger partial charge in [0.05, 0.1) is 13.2 Å². The van der Waals surface area contributed by atoms with E-state index in [9.17, 15) is 4.79 Å². The molecule has 0 saturated carbocycles. The van der Waals surface area contributed by atoms with Gasteiger partial charge in [-0.15, -0.1) is 12.4 Å². The van der Waals surface area contributed by atoms with Crippen LogP contribution in [0.1, 0.15) is 25.3 Å². The summed E-state index contributed by atoms with van der Waals surface area (Å²) in [4.78, 5) is 10.6. The molecule has 0 aromatic heterocycles. The van der Waals surface area contributed by atoms with Gasteiger partial charge in [0.15, 0.2) is 0 Å². The van der Waals surface area contributed by atoms with E-state index >= 15 is 0 Å². The van der Waals surface area contributed by atoms with Crippen molar-refractivity contribution >= 4 is 18.3 Å². The quantitative estimate of drug-likeness (QED) is 0.682. The highest BCUT2D eigenvalue weighted by atomic mass is 35.5. The van der Waals surface area contributed by atoms with Crippen molar-refractivity contribution in [2.75, 3.05) is 19.7 Å². The van der Waals surface area contributed by atoms with Gasteiger partial charge in [0.1, 0.15) is 5.75 Å². The zero-order chi connectivity index (χ0) is 13.2. The number of carbonyl (C=O) groups is 1. The number of unbranched alkanes of at least 4 members (excludes halogenated alkanes) is 1. The van der Waals surface area contributed by atoms with Gasteiger partial charge in [-0.3, -0.25) is 4.79 Å². The van der Waals surface area contributed by atoms with E-state index in [1.165, 1.54) is 5.56 Å². The number of hydrogen-bond donors (Lipinski definition) is 2. The molecular weight excluding hydrogens is 264 g/mol. The van der Waals surface area contributed by atoms with Crippen molar-refractivity contribution in [1.82, 2.24) is 5.32 Å². The fraction of sp³-hybridized carbons (Fsp3) is 0.500. The Bertz CT molecular complexity index is 372. The number of primary amides is 1. The van der Waals surface area contributed by atoms with E-state index in [1.807, 2.05) is 18.2 Å². The summed E-state index contributed by atoms with van der Waals surface area (Å²) >= 11 is 0. The Hall–Kier alpha value is -1.26. The third kappa shape index (κ3) is 8.46. The Kier molecular flexibility index (Phi) is 9.94. The summed E-state index contributed by atoms with van der Waals surface area (Å²) in [6.07, 6.45) is 3.07. The number of amides is 1. The summed E-state index contributed by atoms with van der Waals surface area (Å²) in [5.41, 5.74) is 6.24. The topological polar surface area (TPSA) is 64.3 Å². The normalized spacial score (nSPS) is 9.74. The van der Waals surface area contributed by atoms with Gasteiger partial charge in [0.2, 0.25) is 5.91 Å². The molecule has 0 heterocycles. The molecule has 0 saturated heterocycles. The van der Waals surface area contributed by atoms with E-state index in [2.05, 4.69) is 18.3 Å². The first kappa shape index (κ1) is 17.7. The molecular formula is C14H23ClN2O2. The van der Waals surface area contributed by atoms with E-state index in [1.54, 1.807) is 0 Å². The van der Waals surface area contributed by atoms with Crippen molar-refractivity contribution in [3.63, 3.8) is 0 Å². The average Bonchev–Trinajstić information content (AvgIpc) is 2.35. The number of nitrogens with two attached hydrogens (primary N) is 1. The summed E-state index contributed by atoms with van der Waals surface area (Å²) < 4.78 is 5.64. The Morgan fingerprint density at radius 3 is 2.89 bits per heavy atom. The maximum absolute atomic E-state index is 10.6. The Morgan fingerprint density at radius 1 is 1.42 bits per heavy atom. The molecule has 0 unspecified atom stereocenters. The first-order valence-corrected chi connectivity index (χ1v) is 6.43. The number of hydrogen-bond acceptors (Lipinski definition) is 3. The van der Waals surface area contributed by atoms with Crippen LogP contribution in [0.4, 0.5) is 0 Å². The number of halogens is 1. The number of carbonyl (C=O) groups excluding carboxylic acids is 1. The van der Waals surface area contributed by atoms with Crippen molar-refractivity contribution in [2.45, 2.75) is 26.2 Å². The monoisotopic (exact) mass is 286 g/mol. The Labute approximate surface area is 121 Å². The summed E-state index contributed by atoms with van der Waals surface area (Å²) in [6, 6.07) is 8.06. The first-order valence-electron chi connectivity index (χ1n) is 6.43. The average molecular weight is 287 g/mol. The number of ether oxygens (including phenoxy) is 1. The second-order valence-corrected chi connectivity index (χ2v) is 4.24. The van der Waals surface area contributed by atoms with Crippen molar-refractivity contribution in [3.8, 4) is 5.75 Å². The second-order valence-electron chi connectivity index (χ2n) is 4.24. The van der Waals surface area contributed by atoms with Gasteiger partial charge in [-0.1, -0.05) is 25.5 Å². The van der Waals surface area contributed by atoms with Gasteiger partial charge in [0.25, 0.3) is 0 Å². The fourth-order valence-corrected chi connectivity index (χ4v) is 1.57. The van der Waals surface area contributed by atoms with E-state index in [0.29, 0.717) is 0 Å². The molecule has 0 fully saturated rings. The molecule has 0 spiro atoms. The van der Waals surface area contributed by atoms with Crippen molar-refractivity contribution in [3.05, 3.63) is 29.8 Å². The third-order valence-electron chi connectivity index (χ3n) is 2.55. The van der Waals surface area contributed by atoms with Crippen LogP contribution in [-0.2, 0) is 11.2 Å². The van der Waals surface area contributed by atoms with E-state index in [0.717, 1.165) is 38.2 Å². The van der Waals surface area contributed by atoms with E-state index in [4.69, 9.17) is 10.5 Å². The maximum atomic E-state index is 10.6. The molecule has 5 heteroatoms. The lowest BCUT2D eigenvalue weighted by Crippen LogP contribution is -2.29. The minimum absolute atomic E-state index is 0. The Balaban J connectivity index is 0.00000324. The smallest absolute Gasteiger partial charge is 0.231 e. The van der Waals surface area contributed by atoms with Crippen LogP contribution in [0.5, 0.6) is 5.75 Å².